The number of carbonyl (C=O) groups is 2. The van der Waals surface area contributed by atoms with Crippen molar-refractivity contribution in [1.82, 2.24) is 0 Å². The van der Waals surface area contributed by atoms with Crippen LogP contribution in [-0.2, 0) is 16.0 Å². The van der Waals surface area contributed by atoms with E-state index in [1.165, 1.54) is 37.7 Å². The second kappa shape index (κ2) is 6.10. The first-order chi connectivity index (χ1) is 11.2. The highest BCUT2D eigenvalue weighted by Crippen LogP contribution is 2.54. The zero-order chi connectivity index (χ0) is 15.8. The molecule has 5 aliphatic carbocycles. The van der Waals surface area contributed by atoms with Gasteiger partial charge in [0.05, 0.1) is 0 Å². The van der Waals surface area contributed by atoms with E-state index in [9.17, 15) is 9.59 Å². The van der Waals surface area contributed by atoms with Crippen LogP contribution in [0, 0.1) is 23.7 Å². The summed E-state index contributed by atoms with van der Waals surface area (Å²) < 4.78 is 5.24. The molecule has 3 nitrogen and oxygen atoms in total. The molecule has 0 aromatic heterocycles. The van der Waals surface area contributed by atoms with E-state index in [1.54, 1.807) is 0 Å². The number of hydrogen-bond acceptors (Lipinski definition) is 3. The first-order valence-corrected chi connectivity index (χ1v) is 8.94. The van der Waals surface area contributed by atoms with Crippen molar-refractivity contribution in [3.05, 3.63) is 35.4 Å². The maximum absolute atomic E-state index is 11.1. The third-order valence-electron chi connectivity index (χ3n) is 6.29. The van der Waals surface area contributed by atoms with E-state index in [0.29, 0.717) is 30.5 Å². The largest absolute Gasteiger partial charge is 0.464 e. The van der Waals surface area contributed by atoms with Crippen LogP contribution in [0.4, 0.5) is 0 Å². The molecule has 0 amide bonds. The molecular formula is C20H24O3. The second-order valence-corrected chi connectivity index (χ2v) is 7.71. The Morgan fingerprint density at radius 1 is 0.913 bits per heavy atom. The summed E-state index contributed by atoms with van der Waals surface area (Å²) in [7, 11) is 0. The lowest BCUT2D eigenvalue weighted by Crippen LogP contribution is -2.49. The number of ether oxygens (including phenoxy) is 1. The van der Waals surface area contributed by atoms with Crippen LogP contribution in [0.25, 0.3) is 0 Å². The van der Waals surface area contributed by atoms with Crippen molar-refractivity contribution in [2.45, 2.75) is 51.0 Å². The van der Waals surface area contributed by atoms with Gasteiger partial charge in [-0.1, -0.05) is 24.3 Å². The molecule has 4 bridgehead atoms. The summed E-state index contributed by atoms with van der Waals surface area (Å²) in [4.78, 5) is 21.4. The van der Waals surface area contributed by atoms with Crippen molar-refractivity contribution in [2.75, 3.05) is 0 Å². The minimum absolute atomic E-state index is 0.283. The minimum Gasteiger partial charge on any atom is -0.464 e. The molecule has 0 radical (unpaired) electrons. The lowest BCUT2D eigenvalue weighted by molar-refractivity contribution is -0.155. The van der Waals surface area contributed by atoms with Gasteiger partial charge in [-0.15, -0.1) is 0 Å². The van der Waals surface area contributed by atoms with Crippen LogP contribution in [-0.4, -0.2) is 18.4 Å². The number of carbonyl (C=O) groups excluding carboxylic acids is 2. The number of fused-ring (bicyclic) bond motifs is 1. The average Bonchev–Trinajstić information content (AvgIpc) is 2.93. The molecule has 3 heteroatoms. The number of rotatable bonds is 2. The summed E-state index contributed by atoms with van der Waals surface area (Å²) in [6, 6.07) is 7.84. The molecule has 0 unspecified atom stereocenters. The second-order valence-electron chi connectivity index (χ2n) is 7.71. The molecule has 0 aliphatic heterocycles. The number of aryl methyl sites for hydroxylation is 1. The predicted molar refractivity (Wildman–Crippen MR) is 87.1 cm³/mol. The molecular weight excluding hydrogens is 288 g/mol. The summed E-state index contributed by atoms with van der Waals surface area (Å²) in [5.74, 6) is 3.65. The van der Waals surface area contributed by atoms with E-state index in [2.05, 4.69) is 0 Å². The van der Waals surface area contributed by atoms with Gasteiger partial charge < -0.3 is 4.74 Å². The molecule has 0 atom stereocenters. The SMILES string of the molecule is O=C1CCc2ccccc21.O=COC1C2CC3CC(C2)CC1C3. The van der Waals surface area contributed by atoms with Crippen LogP contribution in [0.1, 0.15) is 54.4 Å². The van der Waals surface area contributed by atoms with Gasteiger partial charge in [0.2, 0.25) is 0 Å². The average molecular weight is 312 g/mol. The molecule has 1 aromatic carbocycles. The van der Waals surface area contributed by atoms with Gasteiger partial charge in [-0.2, -0.15) is 0 Å². The maximum atomic E-state index is 11.1. The number of Topliss-reactive ketones (excluding diaryl/α,β-unsaturated/α-hetero) is 1. The van der Waals surface area contributed by atoms with E-state index >= 15 is 0 Å². The smallest absolute Gasteiger partial charge is 0.293 e. The maximum Gasteiger partial charge on any atom is 0.293 e. The van der Waals surface area contributed by atoms with Crippen molar-refractivity contribution in [3.63, 3.8) is 0 Å². The van der Waals surface area contributed by atoms with Gasteiger partial charge in [-0.3, -0.25) is 9.59 Å². The fourth-order valence-electron chi connectivity index (χ4n) is 5.55. The Balaban J connectivity index is 0.000000122. The van der Waals surface area contributed by atoms with Crippen LogP contribution < -0.4 is 0 Å². The van der Waals surface area contributed by atoms with Crippen LogP contribution in [0.3, 0.4) is 0 Å². The Hall–Kier alpha value is -1.64. The van der Waals surface area contributed by atoms with E-state index in [1.807, 2.05) is 24.3 Å². The van der Waals surface area contributed by atoms with Crippen molar-refractivity contribution in [1.29, 1.82) is 0 Å². The van der Waals surface area contributed by atoms with Crippen LogP contribution in [0.2, 0.25) is 0 Å². The molecule has 5 aliphatic rings. The standard InChI is InChI=1S/C11H16O2.C9H8O/c12-6-13-11-9-2-7-1-8(4-9)5-10(11)3-7;10-9-6-5-7-3-1-2-4-8(7)9/h6-11H,1-5H2;1-4H,5-6H2. The summed E-state index contributed by atoms with van der Waals surface area (Å²) in [6.45, 7) is 0.660. The zero-order valence-corrected chi connectivity index (χ0v) is 13.4. The molecule has 4 saturated carbocycles. The van der Waals surface area contributed by atoms with E-state index in [-0.39, 0.29) is 6.10 Å². The monoisotopic (exact) mass is 312 g/mol. The first-order valence-electron chi connectivity index (χ1n) is 8.94. The quantitative estimate of drug-likeness (QED) is 0.780. The molecule has 0 saturated heterocycles. The van der Waals surface area contributed by atoms with E-state index in [0.717, 1.165) is 23.8 Å². The Morgan fingerprint density at radius 2 is 1.57 bits per heavy atom. The Bertz CT molecular complexity index is 579. The fraction of sp³-hybridized carbons (Fsp3) is 0.600. The normalized spacial score (nSPS) is 36.2. The number of ketones is 1. The van der Waals surface area contributed by atoms with Gasteiger partial charge in [-0.05, 0) is 67.8 Å². The number of hydrogen-bond donors (Lipinski definition) is 0. The van der Waals surface area contributed by atoms with Crippen LogP contribution >= 0.6 is 0 Å². The van der Waals surface area contributed by atoms with Gasteiger partial charge in [0, 0.05) is 12.0 Å². The van der Waals surface area contributed by atoms with Gasteiger partial charge in [0.15, 0.2) is 5.78 Å². The highest BCUT2D eigenvalue weighted by molar-refractivity contribution is 6.00. The molecule has 122 valence electrons. The van der Waals surface area contributed by atoms with E-state index < -0.39 is 0 Å². The van der Waals surface area contributed by atoms with Gasteiger partial charge >= 0.3 is 0 Å². The molecule has 6 rings (SSSR count). The highest BCUT2D eigenvalue weighted by Gasteiger charge is 2.49. The lowest BCUT2D eigenvalue weighted by atomic mass is 9.55. The van der Waals surface area contributed by atoms with Gasteiger partial charge in [0.25, 0.3) is 6.47 Å². The Morgan fingerprint density at radius 3 is 2.17 bits per heavy atom. The Kier molecular flexibility index (Phi) is 3.96. The molecule has 0 N–H and O–H groups in total. The summed E-state index contributed by atoms with van der Waals surface area (Å²) in [5.41, 5.74) is 2.15. The minimum atomic E-state index is 0.283. The summed E-state index contributed by atoms with van der Waals surface area (Å²) in [6.07, 6.45) is 8.69. The zero-order valence-electron chi connectivity index (χ0n) is 13.4. The van der Waals surface area contributed by atoms with Crippen molar-refractivity contribution in [3.8, 4) is 0 Å². The molecule has 4 fully saturated rings. The van der Waals surface area contributed by atoms with Crippen molar-refractivity contribution >= 4 is 12.3 Å². The topological polar surface area (TPSA) is 43.4 Å². The van der Waals surface area contributed by atoms with Crippen molar-refractivity contribution < 1.29 is 14.3 Å². The van der Waals surface area contributed by atoms with Gasteiger partial charge in [-0.25, -0.2) is 0 Å². The van der Waals surface area contributed by atoms with Crippen LogP contribution in [0.15, 0.2) is 24.3 Å². The third kappa shape index (κ3) is 2.82. The Labute approximate surface area is 137 Å². The fourth-order valence-corrected chi connectivity index (χ4v) is 5.55. The van der Waals surface area contributed by atoms with E-state index in [4.69, 9.17) is 4.74 Å². The lowest BCUT2D eigenvalue weighted by Gasteiger charge is -2.53. The molecule has 1 aromatic rings. The molecule has 0 spiro atoms. The summed E-state index contributed by atoms with van der Waals surface area (Å²) in [5, 5.41) is 0. The predicted octanol–water partition coefficient (Wildman–Crippen LogP) is 3.80. The molecule has 0 heterocycles. The highest BCUT2D eigenvalue weighted by atomic mass is 16.5. The molecule has 23 heavy (non-hydrogen) atoms. The summed E-state index contributed by atoms with van der Waals surface area (Å²) >= 11 is 0. The van der Waals surface area contributed by atoms with Crippen molar-refractivity contribution in [2.24, 2.45) is 23.7 Å². The number of benzene rings is 1. The van der Waals surface area contributed by atoms with Crippen LogP contribution in [0.5, 0.6) is 0 Å². The third-order valence-corrected chi connectivity index (χ3v) is 6.29. The van der Waals surface area contributed by atoms with Gasteiger partial charge in [0.1, 0.15) is 6.10 Å². The first kappa shape index (κ1) is 14.9.